The molecule has 2 aromatic rings. The number of benzene rings is 1. The van der Waals surface area contributed by atoms with Crippen LogP contribution in [0.15, 0.2) is 24.3 Å². The molecule has 3 rings (SSSR count). The summed E-state index contributed by atoms with van der Waals surface area (Å²) in [6.07, 6.45) is 2.08. The third-order valence-electron chi connectivity index (χ3n) is 4.22. The Kier molecular flexibility index (Phi) is 3.13. The molecule has 0 spiro atoms. The van der Waals surface area contributed by atoms with Gasteiger partial charge in [0.25, 0.3) is 0 Å². The van der Waals surface area contributed by atoms with E-state index in [-0.39, 0.29) is 5.75 Å². The van der Waals surface area contributed by atoms with Gasteiger partial charge in [-0.25, -0.2) is 0 Å². The smallest absolute Gasteiger partial charge is 0.137 e. The summed E-state index contributed by atoms with van der Waals surface area (Å²) in [6, 6.07) is 7.31. The fourth-order valence-electron chi connectivity index (χ4n) is 3.26. The molecule has 0 fully saturated rings. The van der Waals surface area contributed by atoms with E-state index in [1.165, 1.54) is 22.5 Å². The van der Waals surface area contributed by atoms with Crippen molar-refractivity contribution >= 4 is 5.78 Å². The number of Topliss-reactive ketones (excluding diaryl/α,β-unsaturated/α-hetero) is 1. The number of hydrogen-bond donors (Lipinski definition) is 1. The zero-order valence-corrected chi connectivity index (χ0v) is 11.9. The Morgan fingerprint density at radius 2 is 1.90 bits per heavy atom. The average Bonchev–Trinajstić information content (AvgIpc) is 2.72. The lowest BCUT2D eigenvalue weighted by atomic mass is 9.93. The van der Waals surface area contributed by atoms with Crippen molar-refractivity contribution in [1.29, 1.82) is 0 Å². The van der Waals surface area contributed by atoms with Crippen LogP contribution in [0.2, 0.25) is 0 Å². The molecule has 3 heteroatoms. The molecule has 104 valence electrons. The molecule has 20 heavy (non-hydrogen) atoms. The fourth-order valence-corrected chi connectivity index (χ4v) is 3.26. The Bertz CT molecular complexity index is 665. The van der Waals surface area contributed by atoms with Gasteiger partial charge in [-0.1, -0.05) is 0 Å². The molecular formula is C17H19NO2. The molecule has 1 aliphatic carbocycles. The van der Waals surface area contributed by atoms with Crippen LogP contribution in [0, 0.1) is 6.92 Å². The van der Waals surface area contributed by atoms with Crippen molar-refractivity contribution in [2.45, 2.75) is 39.7 Å². The highest BCUT2D eigenvalue weighted by Crippen LogP contribution is 2.35. The van der Waals surface area contributed by atoms with E-state index in [9.17, 15) is 9.90 Å². The van der Waals surface area contributed by atoms with E-state index in [0.717, 1.165) is 18.5 Å². The van der Waals surface area contributed by atoms with Crippen LogP contribution in [0.4, 0.5) is 0 Å². The number of ketones is 1. The molecule has 0 saturated carbocycles. The predicted octanol–water partition coefficient (Wildman–Crippen LogP) is 3.25. The Balaban J connectivity index is 2.20. The average molecular weight is 269 g/mol. The van der Waals surface area contributed by atoms with Crippen molar-refractivity contribution in [2.24, 2.45) is 0 Å². The zero-order chi connectivity index (χ0) is 14.3. The number of aromatic nitrogens is 1. The van der Waals surface area contributed by atoms with E-state index in [2.05, 4.69) is 18.4 Å². The van der Waals surface area contributed by atoms with Gasteiger partial charge in [-0.05, 0) is 61.2 Å². The van der Waals surface area contributed by atoms with Crippen LogP contribution >= 0.6 is 0 Å². The standard InChI is InChI=1S/C17H19NO2/c1-3-18-16-9-8-14(20)10-15(16)11(2)17(18)12-4-6-13(19)7-5-12/h4-7,19H,3,8-10H2,1-2H3. The van der Waals surface area contributed by atoms with Gasteiger partial charge in [-0.15, -0.1) is 0 Å². The number of phenolic OH excluding ortho intramolecular Hbond substituents is 1. The van der Waals surface area contributed by atoms with Gasteiger partial charge in [0.2, 0.25) is 0 Å². The Morgan fingerprint density at radius 1 is 1.20 bits per heavy atom. The van der Waals surface area contributed by atoms with Crippen molar-refractivity contribution < 1.29 is 9.90 Å². The molecule has 1 aromatic heterocycles. The van der Waals surface area contributed by atoms with Crippen LogP contribution < -0.4 is 0 Å². The second-order valence-electron chi connectivity index (χ2n) is 5.41. The maximum atomic E-state index is 11.7. The highest BCUT2D eigenvalue weighted by Gasteiger charge is 2.25. The molecule has 3 nitrogen and oxygen atoms in total. The molecule has 0 radical (unpaired) electrons. The number of rotatable bonds is 2. The van der Waals surface area contributed by atoms with E-state index in [1.807, 2.05) is 12.1 Å². The molecule has 0 bridgehead atoms. The molecule has 0 amide bonds. The van der Waals surface area contributed by atoms with Crippen LogP contribution in [-0.2, 0) is 24.2 Å². The van der Waals surface area contributed by atoms with E-state index >= 15 is 0 Å². The summed E-state index contributed by atoms with van der Waals surface area (Å²) in [7, 11) is 0. The summed E-state index contributed by atoms with van der Waals surface area (Å²) in [6.45, 7) is 5.15. The first-order chi connectivity index (χ1) is 9.61. The summed E-state index contributed by atoms with van der Waals surface area (Å²) in [4.78, 5) is 11.7. The molecule has 1 N–H and O–H groups in total. The minimum absolute atomic E-state index is 0.279. The summed E-state index contributed by atoms with van der Waals surface area (Å²) in [5.41, 5.74) is 6.02. The number of carbonyl (C=O) groups is 1. The number of phenols is 1. The number of fused-ring (bicyclic) bond motifs is 1. The molecule has 1 aliphatic rings. The van der Waals surface area contributed by atoms with Gasteiger partial charge in [0, 0.05) is 25.1 Å². The third kappa shape index (κ3) is 1.94. The highest BCUT2D eigenvalue weighted by atomic mass is 16.3. The molecule has 0 unspecified atom stereocenters. The summed E-state index contributed by atoms with van der Waals surface area (Å²) >= 11 is 0. The van der Waals surface area contributed by atoms with E-state index in [0.29, 0.717) is 18.6 Å². The molecular weight excluding hydrogens is 250 g/mol. The van der Waals surface area contributed by atoms with Gasteiger partial charge < -0.3 is 9.67 Å². The van der Waals surface area contributed by atoms with Crippen LogP contribution in [-0.4, -0.2) is 15.5 Å². The maximum absolute atomic E-state index is 11.7. The van der Waals surface area contributed by atoms with Crippen molar-refractivity contribution in [3.63, 3.8) is 0 Å². The maximum Gasteiger partial charge on any atom is 0.137 e. The van der Waals surface area contributed by atoms with Crippen molar-refractivity contribution in [3.8, 4) is 17.0 Å². The molecule has 0 saturated heterocycles. The van der Waals surface area contributed by atoms with Gasteiger partial charge in [0.05, 0.1) is 5.69 Å². The van der Waals surface area contributed by atoms with E-state index in [1.54, 1.807) is 12.1 Å². The molecule has 1 aromatic carbocycles. The molecule has 0 aliphatic heterocycles. The third-order valence-corrected chi connectivity index (χ3v) is 4.22. The lowest BCUT2D eigenvalue weighted by Crippen LogP contribution is -2.15. The Labute approximate surface area is 118 Å². The lowest BCUT2D eigenvalue weighted by Gasteiger charge is -2.15. The monoisotopic (exact) mass is 269 g/mol. The quantitative estimate of drug-likeness (QED) is 0.909. The normalized spacial score (nSPS) is 14.4. The van der Waals surface area contributed by atoms with Crippen LogP contribution in [0.1, 0.15) is 30.2 Å². The van der Waals surface area contributed by atoms with Gasteiger partial charge in [0.15, 0.2) is 0 Å². The van der Waals surface area contributed by atoms with Crippen molar-refractivity contribution in [2.75, 3.05) is 0 Å². The molecule has 1 heterocycles. The summed E-state index contributed by atoms with van der Waals surface area (Å²) in [5.74, 6) is 0.618. The second kappa shape index (κ2) is 4.82. The minimum Gasteiger partial charge on any atom is -0.508 e. The number of hydrogen-bond acceptors (Lipinski definition) is 2. The SMILES string of the molecule is CCn1c2c(c(C)c1-c1ccc(O)cc1)CC(=O)CC2. The van der Waals surface area contributed by atoms with Gasteiger partial charge in [-0.2, -0.15) is 0 Å². The number of carbonyl (C=O) groups excluding carboxylic acids is 1. The molecule has 0 atom stereocenters. The topological polar surface area (TPSA) is 42.2 Å². The lowest BCUT2D eigenvalue weighted by molar-refractivity contribution is -0.118. The second-order valence-corrected chi connectivity index (χ2v) is 5.41. The first kappa shape index (κ1) is 13.0. The first-order valence-electron chi connectivity index (χ1n) is 7.13. The first-order valence-corrected chi connectivity index (χ1v) is 7.13. The Hall–Kier alpha value is -2.03. The van der Waals surface area contributed by atoms with Crippen LogP contribution in [0.3, 0.4) is 0 Å². The van der Waals surface area contributed by atoms with Crippen molar-refractivity contribution in [3.05, 3.63) is 41.1 Å². The summed E-state index contributed by atoms with van der Waals surface area (Å²) in [5, 5.41) is 9.44. The predicted molar refractivity (Wildman–Crippen MR) is 79.0 cm³/mol. The zero-order valence-electron chi connectivity index (χ0n) is 11.9. The van der Waals surface area contributed by atoms with Gasteiger partial charge >= 0.3 is 0 Å². The minimum atomic E-state index is 0.279. The van der Waals surface area contributed by atoms with Gasteiger partial charge in [-0.3, -0.25) is 4.79 Å². The summed E-state index contributed by atoms with van der Waals surface area (Å²) < 4.78 is 2.32. The number of aromatic hydroxyl groups is 1. The van der Waals surface area contributed by atoms with E-state index in [4.69, 9.17) is 0 Å². The van der Waals surface area contributed by atoms with Crippen molar-refractivity contribution in [1.82, 2.24) is 4.57 Å². The Morgan fingerprint density at radius 3 is 2.55 bits per heavy atom. The van der Waals surface area contributed by atoms with E-state index < -0.39 is 0 Å². The fraction of sp³-hybridized carbons (Fsp3) is 0.353. The highest BCUT2D eigenvalue weighted by molar-refractivity contribution is 5.85. The van der Waals surface area contributed by atoms with Crippen LogP contribution in [0.5, 0.6) is 5.75 Å². The number of nitrogens with zero attached hydrogens (tertiary/aromatic N) is 1. The van der Waals surface area contributed by atoms with Crippen LogP contribution in [0.25, 0.3) is 11.3 Å². The van der Waals surface area contributed by atoms with Gasteiger partial charge in [0.1, 0.15) is 11.5 Å². The largest absolute Gasteiger partial charge is 0.508 e.